The van der Waals surface area contributed by atoms with Gasteiger partial charge in [-0.15, -0.1) is 0 Å². The predicted octanol–water partition coefficient (Wildman–Crippen LogP) is 1.50. The molecule has 5 nitrogen and oxygen atoms in total. The van der Waals surface area contributed by atoms with Crippen molar-refractivity contribution in [1.29, 1.82) is 0 Å². The van der Waals surface area contributed by atoms with Gasteiger partial charge in [-0.3, -0.25) is 9.59 Å². The van der Waals surface area contributed by atoms with Crippen molar-refractivity contribution >= 4 is 33.6 Å². The fourth-order valence-electron chi connectivity index (χ4n) is 1.44. The highest BCUT2D eigenvalue weighted by Gasteiger charge is 2.48. The molecule has 0 spiro atoms. The van der Waals surface area contributed by atoms with Crippen LogP contribution in [0.4, 0.5) is 5.82 Å². The molecule has 1 aromatic heterocycles. The van der Waals surface area contributed by atoms with Crippen molar-refractivity contribution in [2.45, 2.75) is 6.42 Å². The summed E-state index contributed by atoms with van der Waals surface area (Å²) in [7, 11) is 0. The van der Waals surface area contributed by atoms with Crippen molar-refractivity contribution in [3.05, 3.63) is 22.8 Å². The molecule has 1 amide bonds. The summed E-state index contributed by atoms with van der Waals surface area (Å²) >= 11 is 3.24. The van der Waals surface area contributed by atoms with Gasteiger partial charge < -0.3 is 10.4 Å². The molecule has 2 unspecified atom stereocenters. The molecule has 2 rings (SSSR count). The first kappa shape index (κ1) is 11.1. The Balaban J connectivity index is 1.99. The molecule has 0 radical (unpaired) electrons. The average molecular weight is 285 g/mol. The van der Waals surface area contributed by atoms with E-state index in [2.05, 4.69) is 26.2 Å². The van der Waals surface area contributed by atoms with Crippen molar-refractivity contribution in [3.8, 4) is 0 Å². The lowest BCUT2D eigenvalue weighted by Crippen LogP contribution is -2.17. The quantitative estimate of drug-likeness (QED) is 0.882. The SMILES string of the molecule is O=C(O)C1CC1C(=O)Nc1ncccc1Br. The van der Waals surface area contributed by atoms with Gasteiger partial charge in [0.1, 0.15) is 5.82 Å². The van der Waals surface area contributed by atoms with Crippen LogP contribution in [0.15, 0.2) is 22.8 Å². The third-order valence-corrected chi connectivity index (χ3v) is 3.08. The van der Waals surface area contributed by atoms with Gasteiger partial charge in [0, 0.05) is 6.20 Å². The van der Waals surface area contributed by atoms with Crippen LogP contribution in [0.3, 0.4) is 0 Å². The second kappa shape index (κ2) is 4.21. The zero-order valence-corrected chi connectivity index (χ0v) is 9.77. The second-order valence-electron chi connectivity index (χ2n) is 3.61. The number of nitrogens with zero attached hydrogens (tertiary/aromatic N) is 1. The Hall–Kier alpha value is -1.43. The van der Waals surface area contributed by atoms with E-state index in [9.17, 15) is 9.59 Å². The zero-order chi connectivity index (χ0) is 11.7. The molecule has 6 heteroatoms. The lowest BCUT2D eigenvalue weighted by Gasteiger charge is -2.04. The molecule has 2 N–H and O–H groups in total. The van der Waals surface area contributed by atoms with Crippen LogP contribution in [0.25, 0.3) is 0 Å². The van der Waals surface area contributed by atoms with Gasteiger partial charge >= 0.3 is 5.97 Å². The first-order chi connectivity index (χ1) is 7.59. The van der Waals surface area contributed by atoms with Crippen molar-refractivity contribution in [2.24, 2.45) is 11.8 Å². The number of carboxylic acids is 1. The highest BCUT2D eigenvalue weighted by Crippen LogP contribution is 2.39. The van der Waals surface area contributed by atoms with Crippen molar-refractivity contribution in [1.82, 2.24) is 4.98 Å². The van der Waals surface area contributed by atoms with Crippen LogP contribution in [0, 0.1) is 11.8 Å². The molecule has 84 valence electrons. The Kier molecular flexibility index (Phi) is 2.91. The molecule has 16 heavy (non-hydrogen) atoms. The van der Waals surface area contributed by atoms with Crippen LogP contribution < -0.4 is 5.32 Å². The number of carbonyl (C=O) groups excluding carboxylic acids is 1. The number of aliphatic carboxylic acids is 1. The number of hydrogen-bond acceptors (Lipinski definition) is 3. The second-order valence-corrected chi connectivity index (χ2v) is 4.46. The number of halogens is 1. The summed E-state index contributed by atoms with van der Waals surface area (Å²) < 4.78 is 0.677. The van der Waals surface area contributed by atoms with E-state index in [0.717, 1.165) is 0 Å². The summed E-state index contributed by atoms with van der Waals surface area (Å²) in [6, 6.07) is 3.49. The van der Waals surface area contributed by atoms with E-state index in [1.807, 2.05) is 0 Å². The first-order valence-corrected chi connectivity index (χ1v) is 5.53. The van der Waals surface area contributed by atoms with Gasteiger partial charge in [-0.2, -0.15) is 0 Å². The van der Waals surface area contributed by atoms with E-state index in [4.69, 9.17) is 5.11 Å². The van der Waals surface area contributed by atoms with E-state index >= 15 is 0 Å². The lowest BCUT2D eigenvalue weighted by molar-refractivity contribution is -0.139. The average Bonchev–Trinajstić information content (AvgIpc) is 3.01. The van der Waals surface area contributed by atoms with Crippen LogP contribution in [0.5, 0.6) is 0 Å². The highest BCUT2D eigenvalue weighted by molar-refractivity contribution is 9.10. The van der Waals surface area contributed by atoms with Crippen LogP contribution in [0.1, 0.15) is 6.42 Å². The summed E-state index contributed by atoms with van der Waals surface area (Å²) in [4.78, 5) is 26.2. The standard InChI is InChI=1S/C10H9BrN2O3/c11-7-2-1-3-12-8(7)13-9(14)5-4-6(5)10(15)16/h1-3,5-6H,4H2,(H,15,16)(H,12,13,14). The number of amides is 1. The third kappa shape index (κ3) is 2.21. The molecular weight excluding hydrogens is 276 g/mol. The van der Waals surface area contributed by atoms with E-state index < -0.39 is 17.8 Å². The molecule has 0 aliphatic heterocycles. The van der Waals surface area contributed by atoms with Gasteiger partial charge in [-0.1, -0.05) is 0 Å². The number of anilines is 1. The number of nitrogens with one attached hydrogen (secondary N) is 1. The van der Waals surface area contributed by atoms with Crippen molar-refractivity contribution < 1.29 is 14.7 Å². The summed E-state index contributed by atoms with van der Waals surface area (Å²) in [5.74, 6) is -1.75. The zero-order valence-electron chi connectivity index (χ0n) is 8.18. The Morgan fingerprint density at radius 2 is 2.25 bits per heavy atom. The predicted molar refractivity (Wildman–Crippen MR) is 59.8 cm³/mol. The molecule has 0 bridgehead atoms. The summed E-state index contributed by atoms with van der Waals surface area (Å²) in [6.07, 6.45) is 1.97. The van der Waals surface area contributed by atoms with Gasteiger partial charge in [-0.25, -0.2) is 4.98 Å². The molecule has 1 aliphatic carbocycles. The van der Waals surface area contributed by atoms with Gasteiger partial charge in [0.05, 0.1) is 16.3 Å². The Labute approximate surface area is 100 Å². The fraction of sp³-hybridized carbons (Fsp3) is 0.300. The van der Waals surface area contributed by atoms with E-state index in [1.165, 1.54) is 0 Å². The lowest BCUT2D eigenvalue weighted by atomic mass is 10.3. The summed E-state index contributed by atoms with van der Waals surface area (Å²) in [5.41, 5.74) is 0. The van der Waals surface area contributed by atoms with Gasteiger partial charge in [0.25, 0.3) is 0 Å². The fourth-order valence-corrected chi connectivity index (χ4v) is 1.80. The third-order valence-electron chi connectivity index (χ3n) is 2.44. The molecule has 1 heterocycles. The number of rotatable bonds is 3. The molecule has 1 saturated carbocycles. The van der Waals surface area contributed by atoms with E-state index in [1.54, 1.807) is 18.3 Å². The van der Waals surface area contributed by atoms with E-state index in [-0.39, 0.29) is 5.91 Å². The normalized spacial score (nSPS) is 22.6. The minimum Gasteiger partial charge on any atom is -0.481 e. The van der Waals surface area contributed by atoms with E-state index in [0.29, 0.717) is 16.7 Å². The largest absolute Gasteiger partial charge is 0.481 e. The number of carboxylic acid groups (broad SMARTS) is 1. The smallest absolute Gasteiger partial charge is 0.307 e. The van der Waals surface area contributed by atoms with Gasteiger partial charge in [-0.05, 0) is 34.5 Å². The summed E-state index contributed by atoms with van der Waals surface area (Å²) in [6.45, 7) is 0. The van der Waals surface area contributed by atoms with Crippen molar-refractivity contribution in [2.75, 3.05) is 5.32 Å². The number of hydrogen-bond donors (Lipinski definition) is 2. The molecule has 1 aliphatic rings. The molecule has 0 saturated heterocycles. The first-order valence-electron chi connectivity index (χ1n) is 4.74. The van der Waals surface area contributed by atoms with Crippen LogP contribution in [-0.4, -0.2) is 22.0 Å². The maximum atomic E-state index is 11.6. The topological polar surface area (TPSA) is 79.3 Å². The van der Waals surface area contributed by atoms with Gasteiger partial charge in [0.15, 0.2) is 0 Å². The highest BCUT2D eigenvalue weighted by atomic mass is 79.9. The minimum atomic E-state index is -0.916. The van der Waals surface area contributed by atoms with Crippen LogP contribution >= 0.6 is 15.9 Å². The van der Waals surface area contributed by atoms with Crippen LogP contribution in [-0.2, 0) is 9.59 Å². The minimum absolute atomic E-state index is 0.285. The number of pyridine rings is 1. The van der Waals surface area contributed by atoms with Gasteiger partial charge in [0.2, 0.25) is 5.91 Å². The summed E-state index contributed by atoms with van der Waals surface area (Å²) in [5, 5.41) is 11.3. The van der Waals surface area contributed by atoms with Crippen molar-refractivity contribution in [3.63, 3.8) is 0 Å². The molecule has 2 atom stereocenters. The number of carbonyl (C=O) groups is 2. The Morgan fingerprint density at radius 1 is 1.50 bits per heavy atom. The maximum absolute atomic E-state index is 11.6. The molecule has 1 aromatic rings. The molecule has 1 fully saturated rings. The monoisotopic (exact) mass is 284 g/mol. The molecule has 0 aromatic carbocycles. The maximum Gasteiger partial charge on any atom is 0.307 e. The molecular formula is C10H9BrN2O3. The Morgan fingerprint density at radius 3 is 2.81 bits per heavy atom. The van der Waals surface area contributed by atoms with Crippen LogP contribution in [0.2, 0.25) is 0 Å². The Bertz CT molecular complexity index is 449. The number of aromatic nitrogens is 1.